The molecule has 0 radical (unpaired) electrons. The van der Waals surface area contributed by atoms with Crippen LogP contribution in [-0.2, 0) is 6.18 Å². The van der Waals surface area contributed by atoms with Gasteiger partial charge in [-0.3, -0.25) is 0 Å². The van der Waals surface area contributed by atoms with E-state index in [1.54, 1.807) is 0 Å². The molecule has 0 saturated heterocycles. The molecule has 0 fully saturated rings. The quantitative estimate of drug-likeness (QED) is 0.849. The average molecular weight is 310 g/mol. The number of benzene rings is 1. The van der Waals surface area contributed by atoms with Crippen LogP contribution in [0.1, 0.15) is 17.5 Å². The number of hydrogen-bond donors (Lipinski definition) is 1. The third-order valence-corrected chi connectivity index (χ3v) is 4.43. The van der Waals surface area contributed by atoms with Gasteiger partial charge in [0.1, 0.15) is 5.84 Å². The highest BCUT2D eigenvalue weighted by Gasteiger charge is 2.30. The lowest BCUT2D eigenvalue weighted by Gasteiger charge is -2.26. The highest BCUT2D eigenvalue weighted by Crippen LogP contribution is 2.32. The van der Waals surface area contributed by atoms with E-state index in [0.717, 1.165) is 47.0 Å². The zero-order chi connectivity index (χ0) is 15.0. The average Bonchev–Trinajstić information content (AvgIpc) is 2.46. The van der Waals surface area contributed by atoms with Crippen LogP contribution in [0, 0.1) is 0 Å². The Kier molecular flexibility index (Phi) is 3.57. The Morgan fingerprint density at radius 3 is 2.57 bits per heavy atom. The van der Waals surface area contributed by atoms with Gasteiger partial charge in [0.15, 0.2) is 0 Å². The molecule has 21 heavy (non-hydrogen) atoms. The summed E-state index contributed by atoms with van der Waals surface area (Å²) in [5.74, 6) is 2.46. The number of thioether (sulfide) groups is 1. The molecule has 3 rings (SSSR count). The van der Waals surface area contributed by atoms with Crippen molar-refractivity contribution in [2.24, 2.45) is 4.99 Å². The summed E-state index contributed by atoms with van der Waals surface area (Å²) in [6.45, 7) is 3.99. The molecule has 0 amide bonds. The molecule has 2 aliphatic rings. The van der Waals surface area contributed by atoms with Gasteiger partial charge < -0.3 is 5.32 Å². The Bertz CT molecular complexity index is 642. The number of rotatable bonds is 1. The molecule has 0 aliphatic carbocycles. The first-order chi connectivity index (χ1) is 9.95. The summed E-state index contributed by atoms with van der Waals surface area (Å²) in [7, 11) is 0. The maximum absolute atomic E-state index is 12.6. The van der Waals surface area contributed by atoms with E-state index in [4.69, 9.17) is 0 Å². The molecule has 2 aliphatic heterocycles. The molecular weight excluding hydrogens is 297 g/mol. The zero-order valence-electron chi connectivity index (χ0n) is 11.1. The molecule has 0 unspecified atom stereocenters. The van der Waals surface area contributed by atoms with Crippen LogP contribution in [0.15, 0.2) is 52.8 Å². The van der Waals surface area contributed by atoms with E-state index in [0.29, 0.717) is 11.4 Å². The van der Waals surface area contributed by atoms with Crippen LogP contribution in [0.2, 0.25) is 0 Å². The number of alkyl halides is 3. The van der Waals surface area contributed by atoms with Crippen molar-refractivity contribution in [1.29, 1.82) is 0 Å². The minimum absolute atomic E-state index is 0.569. The first-order valence-corrected chi connectivity index (χ1v) is 7.63. The SMILES string of the molecule is C=C1NC(c2ccc(C(F)(F)F)cc2)=NC2=C1CSCC2. The van der Waals surface area contributed by atoms with Gasteiger partial charge in [-0.05, 0) is 24.3 Å². The fourth-order valence-corrected chi connectivity index (χ4v) is 3.32. The lowest BCUT2D eigenvalue weighted by Crippen LogP contribution is -2.30. The maximum atomic E-state index is 12.6. The minimum Gasteiger partial charge on any atom is -0.340 e. The lowest BCUT2D eigenvalue weighted by molar-refractivity contribution is -0.137. The Morgan fingerprint density at radius 1 is 1.19 bits per heavy atom. The third-order valence-electron chi connectivity index (χ3n) is 3.44. The summed E-state index contributed by atoms with van der Waals surface area (Å²) in [5.41, 5.74) is 2.88. The zero-order valence-corrected chi connectivity index (χ0v) is 11.9. The number of amidine groups is 1. The number of nitrogens with zero attached hydrogens (tertiary/aromatic N) is 1. The molecule has 0 bridgehead atoms. The van der Waals surface area contributed by atoms with Gasteiger partial charge in [0.25, 0.3) is 0 Å². The van der Waals surface area contributed by atoms with E-state index >= 15 is 0 Å². The largest absolute Gasteiger partial charge is 0.416 e. The number of hydrogen-bond acceptors (Lipinski definition) is 3. The summed E-state index contributed by atoms with van der Waals surface area (Å²) in [6.07, 6.45) is -3.45. The van der Waals surface area contributed by atoms with E-state index in [-0.39, 0.29) is 0 Å². The van der Waals surface area contributed by atoms with Gasteiger partial charge in [-0.2, -0.15) is 24.9 Å². The van der Waals surface area contributed by atoms with E-state index in [9.17, 15) is 13.2 Å². The van der Waals surface area contributed by atoms with Crippen LogP contribution in [0.5, 0.6) is 0 Å². The molecule has 0 saturated carbocycles. The van der Waals surface area contributed by atoms with Crippen molar-refractivity contribution in [3.63, 3.8) is 0 Å². The van der Waals surface area contributed by atoms with Crippen LogP contribution in [0.4, 0.5) is 13.2 Å². The minimum atomic E-state index is -4.32. The van der Waals surface area contributed by atoms with Gasteiger partial charge in [0.05, 0.1) is 5.56 Å². The molecule has 0 atom stereocenters. The fourth-order valence-electron chi connectivity index (χ4n) is 2.30. The Balaban J connectivity index is 1.92. The van der Waals surface area contributed by atoms with Gasteiger partial charge in [-0.15, -0.1) is 0 Å². The van der Waals surface area contributed by atoms with Crippen molar-refractivity contribution in [3.8, 4) is 0 Å². The summed E-state index contributed by atoms with van der Waals surface area (Å²) < 4.78 is 37.7. The molecule has 6 heteroatoms. The number of nitrogens with one attached hydrogen (secondary N) is 1. The van der Waals surface area contributed by atoms with Gasteiger partial charge in [-0.1, -0.05) is 18.7 Å². The van der Waals surface area contributed by atoms with Gasteiger partial charge >= 0.3 is 6.18 Å². The standard InChI is InChI=1S/C15H13F3N2S/c1-9-12-8-21-7-6-13(12)20-14(19-9)10-2-4-11(5-3-10)15(16,17)18/h2-5H,1,6-8H2,(H,19,20). The van der Waals surface area contributed by atoms with Crippen molar-refractivity contribution in [3.05, 3.63) is 58.9 Å². The summed E-state index contributed by atoms with van der Waals surface area (Å²) in [5, 5.41) is 3.09. The van der Waals surface area contributed by atoms with E-state index in [2.05, 4.69) is 16.9 Å². The van der Waals surface area contributed by atoms with E-state index in [1.165, 1.54) is 12.1 Å². The van der Waals surface area contributed by atoms with Crippen molar-refractivity contribution in [2.45, 2.75) is 12.6 Å². The predicted octanol–water partition coefficient (Wildman–Crippen LogP) is 3.96. The van der Waals surface area contributed by atoms with Crippen LogP contribution < -0.4 is 5.32 Å². The second-order valence-electron chi connectivity index (χ2n) is 4.87. The lowest BCUT2D eigenvalue weighted by atomic mass is 10.1. The van der Waals surface area contributed by atoms with Crippen LogP contribution >= 0.6 is 11.8 Å². The fraction of sp³-hybridized carbons (Fsp3) is 0.267. The van der Waals surface area contributed by atoms with Gasteiger partial charge in [0.2, 0.25) is 0 Å². The molecule has 110 valence electrons. The topological polar surface area (TPSA) is 24.4 Å². The smallest absolute Gasteiger partial charge is 0.340 e. The van der Waals surface area contributed by atoms with Crippen LogP contribution in [-0.4, -0.2) is 17.3 Å². The highest BCUT2D eigenvalue weighted by atomic mass is 32.2. The third kappa shape index (κ3) is 2.85. The molecule has 2 nitrogen and oxygen atoms in total. The first kappa shape index (κ1) is 14.3. The second kappa shape index (κ2) is 5.26. The van der Waals surface area contributed by atoms with Crippen molar-refractivity contribution in [2.75, 3.05) is 11.5 Å². The summed E-state index contributed by atoms with van der Waals surface area (Å²) in [6, 6.07) is 5.02. The molecular formula is C15H13F3N2S. The van der Waals surface area contributed by atoms with Gasteiger partial charge in [-0.25, -0.2) is 4.99 Å². The highest BCUT2D eigenvalue weighted by molar-refractivity contribution is 7.99. The predicted molar refractivity (Wildman–Crippen MR) is 79.2 cm³/mol. The Labute approximate surface area is 124 Å². The van der Waals surface area contributed by atoms with Crippen molar-refractivity contribution in [1.82, 2.24) is 5.32 Å². The van der Waals surface area contributed by atoms with Crippen molar-refractivity contribution >= 4 is 17.6 Å². The van der Waals surface area contributed by atoms with Gasteiger partial charge in [0, 0.05) is 28.3 Å². The normalized spacial score (nSPS) is 19.0. The van der Waals surface area contributed by atoms with E-state index < -0.39 is 11.7 Å². The van der Waals surface area contributed by atoms with Crippen LogP contribution in [0.3, 0.4) is 0 Å². The summed E-state index contributed by atoms with van der Waals surface area (Å²) >= 11 is 1.83. The summed E-state index contributed by atoms with van der Waals surface area (Å²) in [4.78, 5) is 4.55. The maximum Gasteiger partial charge on any atom is 0.416 e. The molecule has 1 N–H and O–H groups in total. The van der Waals surface area contributed by atoms with E-state index in [1.807, 2.05) is 11.8 Å². The molecule has 0 spiro atoms. The number of aliphatic imine (C=N–C) groups is 1. The molecule has 1 aromatic rings. The Morgan fingerprint density at radius 2 is 1.90 bits per heavy atom. The van der Waals surface area contributed by atoms with Crippen molar-refractivity contribution < 1.29 is 13.2 Å². The number of halogens is 3. The first-order valence-electron chi connectivity index (χ1n) is 6.47. The Hall–Kier alpha value is -1.69. The van der Waals surface area contributed by atoms with Crippen LogP contribution in [0.25, 0.3) is 0 Å². The second-order valence-corrected chi connectivity index (χ2v) is 5.97. The molecule has 0 aromatic heterocycles. The number of allylic oxidation sites excluding steroid dienone is 2. The molecule has 1 aromatic carbocycles. The molecule has 2 heterocycles. The monoisotopic (exact) mass is 310 g/mol.